The van der Waals surface area contributed by atoms with Gasteiger partial charge in [0, 0.05) is 36.4 Å². The number of benzene rings is 4. The molecule has 0 aliphatic rings. The normalized spacial score (nSPS) is 10.9. The molecule has 4 aromatic carbocycles. The smallest absolute Gasteiger partial charge is 0.0420 e. The Morgan fingerprint density at radius 2 is 1.25 bits per heavy atom. The minimum Gasteiger partial charge on any atom is -0.385 e. The van der Waals surface area contributed by atoms with Crippen molar-refractivity contribution in [1.82, 2.24) is 0 Å². The van der Waals surface area contributed by atoms with Crippen molar-refractivity contribution in [3.05, 3.63) is 106 Å². The van der Waals surface area contributed by atoms with Crippen molar-refractivity contribution >= 4 is 33.3 Å². The van der Waals surface area contributed by atoms with Gasteiger partial charge in [-0.05, 0) is 84.3 Å². The maximum atomic E-state index is 3.54. The molecule has 0 aromatic heterocycles. The molecule has 0 bridgehead atoms. The Hall–Kier alpha value is -3.52. The highest BCUT2D eigenvalue weighted by atomic mass is 15.1. The van der Waals surface area contributed by atoms with Gasteiger partial charge in [-0.3, -0.25) is 0 Å². The Morgan fingerprint density at radius 1 is 0.639 bits per heavy atom. The summed E-state index contributed by atoms with van der Waals surface area (Å²) >= 11 is 0. The van der Waals surface area contributed by atoms with Crippen LogP contribution < -0.4 is 20.7 Å². The molecule has 2 heteroatoms. The molecular formula is C34H40N2. The molecule has 0 spiro atoms. The molecule has 2 nitrogen and oxygen atoms in total. The first-order valence-corrected chi connectivity index (χ1v) is 13.6. The van der Waals surface area contributed by atoms with Crippen LogP contribution in [0.5, 0.6) is 0 Å². The van der Waals surface area contributed by atoms with Gasteiger partial charge < -0.3 is 10.2 Å². The van der Waals surface area contributed by atoms with Crippen LogP contribution in [0, 0.1) is 0 Å². The van der Waals surface area contributed by atoms with Crippen molar-refractivity contribution in [2.75, 3.05) is 29.9 Å². The molecule has 186 valence electrons. The Kier molecular flexibility index (Phi) is 8.48. The molecule has 0 aliphatic heterocycles. The Bertz CT molecular complexity index is 1400. The predicted molar refractivity (Wildman–Crippen MR) is 159 cm³/mol. The van der Waals surface area contributed by atoms with E-state index in [0.29, 0.717) is 0 Å². The van der Waals surface area contributed by atoms with Gasteiger partial charge in [-0.1, -0.05) is 86.2 Å². The van der Waals surface area contributed by atoms with E-state index >= 15 is 0 Å². The first-order chi connectivity index (χ1) is 17.6. The van der Waals surface area contributed by atoms with Crippen molar-refractivity contribution in [3.8, 4) is 0 Å². The monoisotopic (exact) mass is 476 g/mol. The molecular weight excluding hydrogens is 436 g/mol. The average molecular weight is 477 g/mol. The van der Waals surface area contributed by atoms with Crippen molar-refractivity contribution in [1.29, 1.82) is 0 Å². The van der Waals surface area contributed by atoms with E-state index in [1.165, 1.54) is 54.9 Å². The third-order valence-electron chi connectivity index (χ3n) is 7.28. The third-order valence-corrected chi connectivity index (χ3v) is 7.28. The van der Waals surface area contributed by atoms with E-state index < -0.39 is 0 Å². The van der Waals surface area contributed by atoms with E-state index in [9.17, 15) is 0 Å². The molecule has 0 aliphatic carbocycles. The summed E-state index contributed by atoms with van der Waals surface area (Å²) in [6.07, 6.45) is 2.19. The zero-order valence-electron chi connectivity index (χ0n) is 22.6. The van der Waals surface area contributed by atoms with E-state index in [4.69, 9.17) is 0 Å². The first-order valence-electron chi connectivity index (χ1n) is 13.6. The maximum absolute atomic E-state index is 3.54. The molecule has 0 saturated heterocycles. The highest BCUT2D eigenvalue weighted by Gasteiger charge is 2.13. The molecule has 4 rings (SSSR count). The minimum atomic E-state index is 0.905. The molecule has 0 radical (unpaired) electrons. The number of rotatable bonds is 9. The fourth-order valence-electron chi connectivity index (χ4n) is 5.30. The van der Waals surface area contributed by atoms with Crippen LogP contribution in [-0.2, 0) is 0 Å². The van der Waals surface area contributed by atoms with E-state index in [1.54, 1.807) is 0 Å². The summed E-state index contributed by atoms with van der Waals surface area (Å²) in [5.41, 5.74) is 7.76. The van der Waals surface area contributed by atoms with Crippen LogP contribution in [0.15, 0.2) is 84.9 Å². The minimum absolute atomic E-state index is 0.905. The predicted octanol–water partition coefficient (Wildman–Crippen LogP) is 7.34. The van der Waals surface area contributed by atoms with E-state index in [2.05, 4.69) is 130 Å². The number of anilines is 2. The van der Waals surface area contributed by atoms with Crippen LogP contribution in [-0.4, -0.2) is 19.6 Å². The van der Waals surface area contributed by atoms with Gasteiger partial charge in [-0.15, -0.1) is 0 Å². The molecule has 4 aromatic rings. The highest BCUT2D eigenvalue weighted by molar-refractivity contribution is 6.03. The van der Waals surface area contributed by atoms with Crippen molar-refractivity contribution in [2.45, 2.75) is 47.5 Å². The van der Waals surface area contributed by atoms with Crippen LogP contribution in [0.2, 0.25) is 0 Å². The van der Waals surface area contributed by atoms with E-state index in [1.807, 2.05) is 0 Å². The summed E-state index contributed by atoms with van der Waals surface area (Å²) in [6, 6.07) is 31.6. The lowest BCUT2D eigenvalue weighted by Gasteiger charge is -2.22. The van der Waals surface area contributed by atoms with Gasteiger partial charge in [0.15, 0.2) is 0 Å². The van der Waals surface area contributed by atoms with Crippen LogP contribution in [0.25, 0.3) is 21.9 Å². The van der Waals surface area contributed by atoms with Gasteiger partial charge in [0.05, 0.1) is 0 Å². The zero-order chi connectivity index (χ0) is 25.5. The molecule has 1 N–H and O–H groups in total. The average Bonchev–Trinajstić information content (AvgIpc) is 2.93. The van der Waals surface area contributed by atoms with Gasteiger partial charge in [0.1, 0.15) is 0 Å². The van der Waals surface area contributed by atoms with Crippen molar-refractivity contribution < 1.29 is 0 Å². The fourth-order valence-corrected chi connectivity index (χ4v) is 5.30. The van der Waals surface area contributed by atoms with Crippen molar-refractivity contribution in [2.24, 2.45) is 0 Å². The van der Waals surface area contributed by atoms with Crippen LogP contribution >= 0.6 is 0 Å². The Balaban J connectivity index is 2.00. The SMILES string of the molecule is CCNc1ccc(C(c2ccc(N(CC)CC)cc2)=c2ccc(=C(CC)CC)cc2)c2ccccc12. The second kappa shape index (κ2) is 11.9. The molecule has 0 atom stereocenters. The summed E-state index contributed by atoms with van der Waals surface area (Å²) in [5, 5.41) is 8.69. The van der Waals surface area contributed by atoms with Crippen LogP contribution in [0.1, 0.15) is 58.6 Å². The Labute approximate surface area is 217 Å². The van der Waals surface area contributed by atoms with Crippen LogP contribution in [0.3, 0.4) is 0 Å². The topological polar surface area (TPSA) is 15.3 Å². The lowest BCUT2D eigenvalue weighted by molar-refractivity contribution is 0.866. The molecule has 0 fully saturated rings. The number of nitrogens with one attached hydrogen (secondary N) is 1. The third kappa shape index (κ3) is 5.18. The zero-order valence-corrected chi connectivity index (χ0v) is 22.6. The van der Waals surface area contributed by atoms with Gasteiger partial charge in [0.2, 0.25) is 0 Å². The largest absolute Gasteiger partial charge is 0.385 e. The van der Waals surface area contributed by atoms with Crippen LogP contribution in [0.4, 0.5) is 11.4 Å². The van der Waals surface area contributed by atoms with Gasteiger partial charge in [-0.2, -0.15) is 0 Å². The molecule has 0 unspecified atom stereocenters. The lowest BCUT2D eigenvalue weighted by atomic mass is 9.90. The van der Waals surface area contributed by atoms with Gasteiger partial charge >= 0.3 is 0 Å². The van der Waals surface area contributed by atoms with E-state index in [0.717, 1.165) is 32.5 Å². The van der Waals surface area contributed by atoms with E-state index in [-0.39, 0.29) is 0 Å². The number of nitrogens with zero attached hydrogens (tertiary/aromatic N) is 1. The molecule has 0 heterocycles. The number of hydrogen-bond donors (Lipinski definition) is 1. The quantitative estimate of drug-likeness (QED) is 0.272. The summed E-state index contributed by atoms with van der Waals surface area (Å²) < 4.78 is 0. The molecule has 0 amide bonds. The molecule has 0 saturated carbocycles. The number of hydrogen-bond acceptors (Lipinski definition) is 2. The summed E-state index contributed by atoms with van der Waals surface area (Å²) in [6.45, 7) is 14.0. The maximum Gasteiger partial charge on any atom is 0.0420 e. The Morgan fingerprint density at radius 3 is 1.83 bits per heavy atom. The second-order valence-corrected chi connectivity index (χ2v) is 9.22. The lowest BCUT2D eigenvalue weighted by Crippen LogP contribution is -2.21. The van der Waals surface area contributed by atoms with Crippen molar-refractivity contribution in [3.63, 3.8) is 0 Å². The number of fused-ring (bicyclic) bond motifs is 1. The second-order valence-electron chi connectivity index (χ2n) is 9.22. The standard InChI is InChI=1S/C34H40N2/c1-6-25(7-2)26-15-17-27(18-16-26)34(28-19-21-29(22-20-28)36(9-4)10-5)32-23-24-33(35-8-3)31-14-12-11-13-30(31)32/h11-24,35H,6-10H2,1-5H3. The summed E-state index contributed by atoms with van der Waals surface area (Å²) in [7, 11) is 0. The molecule has 36 heavy (non-hydrogen) atoms. The van der Waals surface area contributed by atoms with Gasteiger partial charge in [-0.25, -0.2) is 0 Å². The summed E-state index contributed by atoms with van der Waals surface area (Å²) in [4.78, 5) is 2.39. The fraction of sp³-hybridized carbons (Fsp3) is 0.294. The first kappa shape index (κ1) is 25.6. The van der Waals surface area contributed by atoms with Gasteiger partial charge in [0.25, 0.3) is 0 Å². The summed E-state index contributed by atoms with van der Waals surface area (Å²) in [5.74, 6) is 0. The highest BCUT2D eigenvalue weighted by Crippen LogP contribution is 2.33.